The van der Waals surface area contributed by atoms with Crippen LogP contribution in [0.25, 0.3) is 0 Å². The predicted octanol–water partition coefficient (Wildman–Crippen LogP) is 10.6. The van der Waals surface area contributed by atoms with Gasteiger partial charge >= 0.3 is 0 Å². The SMILES string of the molecule is C#C.C#CCC.CC/C=C/CC.CC/C=C\CC.CCBr.CCBr.CCC#CCC. The summed E-state index contributed by atoms with van der Waals surface area (Å²) in [6, 6.07) is 0. The van der Waals surface area contributed by atoms with Gasteiger partial charge in [0.1, 0.15) is 0 Å². The quantitative estimate of drug-likeness (QED) is 0.186. The fourth-order valence-electron chi connectivity index (χ4n) is 0.917. The van der Waals surface area contributed by atoms with Crippen molar-refractivity contribution in [1.82, 2.24) is 0 Å². The van der Waals surface area contributed by atoms with E-state index in [0.717, 1.165) is 29.9 Å². The molecule has 0 fully saturated rings. The highest BCUT2D eigenvalue weighted by molar-refractivity contribution is 9.09. The van der Waals surface area contributed by atoms with Gasteiger partial charge in [0.25, 0.3) is 0 Å². The van der Waals surface area contributed by atoms with Crippen molar-refractivity contribution >= 4 is 31.9 Å². The van der Waals surface area contributed by atoms with Gasteiger partial charge in [0, 0.05) is 29.9 Å². The summed E-state index contributed by atoms with van der Waals surface area (Å²) in [5.41, 5.74) is 0. The number of hydrogen-bond donors (Lipinski definition) is 0. The van der Waals surface area contributed by atoms with Gasteiger partial charge in [-0.3, -0.25) is 0 Å². The third kappa shape index (κ3) is 222. The van der Waals surface area contributed by atoms with Crippen LogP contribution in [-0.2, 0) is 0 Å². The molecule has 0 aromatic rings. The first-order chi connectivity index (χ1) is 14.5. The highest BCUT2D eigenvalue weighted by atomic mass is 79.9. The van der Waals surface area contributed by atoms with Crippen molar-refractivity contribution in [2.45, 2.75) is 107 Å². The fourth-order valence-corrected chi connectivity index (χ4v) is 0.917. The van der Waals surface area contributed by atoms with E-state index in [1.54, 1.807) is 0 Å². The predicted molar refractivity (Wildman–Crippen MR) is 156 cm³/mol. The van der Waals surface area contributed by atoms with Crippen LogP contribution in [0.1, 0.15) is 107 Å². The van der Waals surface area contributed by atoms with E-state index in [9.17, 15) is 0 Å². The molecular formula is C28H52Br2. The van der Waals surface area contributed by atoms with Crippen LogP contribution in [-0.4, -0.2) is 10.7 Å². The normalized spacial score (nSPS) is 7.33. The van der Waals surface area contributed by atoms with Gasteiger partial charge in [-0.05, 0) is 25.7 Å². The van der Waals surface area contributed by atoms with Crippen LogP contribution in [0.5, 0.6) is 0 Å². The van der Waals surface area contributed by atoms with E-state index >= 15 is 0 Å². The molecule has 0 aliphatic heterocycles. The van der Waals surface area contributed by atoms with E-state index in [-0.39, 0.29) is 0 Å². The Balaban J connectivity index is -0.0000000425. The molecule has 0 saturated carbocycles. The van der Waals surface area contributed by atoms with Crippen molar-refractivity contribution in [3.05, 3.63) is 24.3 Å². The molecule has 0 saturated heterocycles. The second-order valence-electron chi connectivity index (χ2n) is 4.73. The molecule has 0 spiro atoms. The highest BCUT2D eigenvalue weighted by Crippen LogP contribution is 1.82. The van der Waals surface area contributed by atoms with Gasteiger partial charge in [-0.25, -0.2) is 0 Å². The van der Waals surface area contributed by atoms with Gasteiger partial charge in [-0.1, -0.05) is 118 Å². The van der Waals surface area contributed by atoms with Gasteiger partial charge in [0.15, 0.2) is 0 Å². The average molecular weight is 549 g/mol. The summed E-state index contributed by atoms with van der Waals surface area (Å²) in [7, 11) is 0. The molecule has 0 radical (unpaired) electrons. The molecule has 0 heterocycles. The van der Waals surface area contributed by atoms with Gasteiger partial charge in [0.2, 0.25) is 0 Å². The van der Waals surface area contributed by atoms with Gasteiger partial charge in [-0.2, -0.15) is 0 Å². The minimum Gasteiger partial charge on any atom is -0.124 e. The number of halogens is 2. The van der Waals surface area contributed by atoms with Crippen molar-refractivity contribution in [2.24, 2.45) is 0 Å². The van der Waals surface area contributed by atoms with Crippen molar-refractivity contribution in [2.75, 3.05) is 10.7 Å². The average Bonchev–Trinajstić information content (AvgIpc) is 2.78. The molecule has 0 rings (SSSR count). The molecule has 0 aromatic carbocycles. The van der Waals surface area contributed by atoms with E-state index in [1.165, 1.54) is 25.7 Å². The Morgan fingerprint density at radius 1 is 0.533 bits per heavy atom. The molecule has 0 aliphatic rings. The first kappa shape index (κ1) is 47.1. The maximum Gasteiger partial charge on any atom is 0.00602 e. The molecule has 178 valence electrons. The van der Waals surface area contributed by atoms with E-state index < -0.39 is 0 Å². The molecular weight excluding hydrogens is 496 g/mol. The van der Waals surface area contributed by atoms with Gasteiger partial charge < -0.3 is 0 Å². The Bertz CT molecular complexity index is 324. The van der Waals surface area contributed by atoms with Crippen LogP contribution >= 0.6 is 31.9 Å². The van der Waals surface area contributed by atoms with Crippen LogP contribution in [0, 0.1) is 37.0 Å². The summed E-state index contributed by atoms with van der Waals surface area (Å²) in [4.78, 5) is 0. The summed E-state index contributed by atoms with van der Waals surface area (Å²) >= 11 is 6.29. The second kappa shape index (κ2) is 90.5. The maximum atomic E-state index is 4.78. The first-order valence-electron chi connectivity index (χ1n) is 11.1. The van der Waals surface area contributed by atoms with Gasteiger partial charge in [0.05, 0.1) is 0 Å². The van der Waals surface area contributed by atoms with Crippen molar-refractivity contribution in [3.63, 3.8) is 0 Å². The zero-order valence-electron chi connectivity index (χ0n) is 21.7. The third-order valence-corrected chi connectivity index (χ3v) is 1.96. The lowest BCUT2D eigenvalue weighted by atomic mass is 10.4. The van der Waals surface area contributed by atoms with Crippen LogP contribution in [0.15, 0.2) is 24.3 Å². The Morgan fingerprint density at radius 2 is 0.700 bits per heavy atom. The molecule has 0 bridgehead atoms. The maximum absolute atomic E-state index is 4.78. The molecule has 0 amide bonds. The topological polar surface area (TPSA) is 0 Å². The van der Waals surface area contributed by atoms with E-state index in [0.29, 0.717) is 0 Å². The molecule has 0 N–H and O–H groups in total. The molecule has 0 unspecified atom stereocenters. The Kier molecular flexibility index (Phi) is 142. The highest BCUT2D eigenvalue weighted by Gasteiger charge is 1.60. The lowest BCUT2D eigenvalue weighted by Gasteiger charge is -1.72. The van der Waals surface area contributed by atoms with Crippen molar-refractivity contribution in [3.8, 4) is 37.0 Å². The molecule has 30 heavy (non-hydrogen) atoms. The number of alkyl halides is 2. The summed E-state index contributed by atoms with van der Waals surface area (Å²) in [6.07, 6.45) is 29.0. The lowest BCUT2D eigenvalue weighted by Crippen LogP contribution is -1.52. The number of hydrogen-bond acceptors (Lipinski definition) is 0. The number of rotatable bonds is 4. The van der Waals surface area contributed by atoms with Crippen LogP contribution in [0.2, 0.25) is 0 Å². The lowest BCUT2D eigenvalue weighted by molar-refractivity contribution is 1.16. The minimum absolute atomic E-state index is 0.847. The molecule has 0 aliphatic carbocycles. The summed E-state index contributed by atoms with van der Waals surface area (Å²) in [5, 5.41) is 2.12. The van der Waals surface area contributed by atoms with Gasteiger partial charge in [-0.15, -0.1) is 37.0 Å². The Morgan fingerprint density at radius 3 is 0.767 bits per heavy atom. The Labute approximate surface area is 210 Å². The third-order valence-electron chi connectivity index (χ3n) is 1.96. The smallest absolute Gasteiger partial charge is 0.00602 e. The standard InChI is InChI=1S/2C6H12.C6H10.C4H6.2C2H5Br.C2H2/c3*1-3-5-6-4-2;1-3-4-2;2*1-2-3;1-2/h2*5-6H,3-4H2,1-2H3;3-4H2,1-2H3;1H,4H2,2H3;2*2H2,1H3;1-2H/b6-5+;6-5-;;;;;. The first-order valence-corrected chi connectivity index (χ1v) is 13.4. The van der Waals surface area contributed by atoms with E-state index in [4.69, 9.17) is 6.42 Å². The summed E-state index contributed by atoms with van der Waals surface area (Å²) < 4.78 is 0. The zero-order chi connectivity index (χ0) is 25.3. The fraction of sp³-hybridized carbons (Fsp3) is 0.643. The van der Waals surface area contributed by atoms with Crippen molar-refractivity contribution in [1.29, 1.82) is 0 Å². The summed E-state index contributed by atoms with van der Waals surface area (Å²) in [6.45, 7) is 18.7. The number of allylic oxidation sites excluding steroid dienone is 4. The monoisotopic (exact) mass is 546 g/mol. The molecule has 0 atom stereocenters. The van der Waals surface area contributed by atoms with Crippen LogP contribution < -0.4 is 0 Å². The Hall–Kier alpha value is -0.880. The van der Waals surface area contributed by atoms with Crippen molar-refractivity contribution < 1.29 is 0 Å². The van der Waals surface area contributed by atoms with E-state index in [2.05, 4.69) is 128 Å². The van der Waals surface area contributed by atoms with E-state index in [1.807, 2.05) is 20.8 Å². The molecule has 0 nitrogen and oxygen atoms in total. The number of terminal acetylenes is 2. The largest absolute Gasteiger partial charge is 0.124 e. The molecule has 0 aromatic heterocycles. The second-order valence-corrected chi connectivity index (χ2v) is 6.97. The zero-order valence-corrected chi connectivity index (χ0v) is 24.8. The molecule has 2 heteroatoms. The van der Waals surface area contributed by atoms with Crippen LogP contribution in [0.4, 0.5) is 0 Å². The summed E-state index contributed by atoms with van der Waals surface area (Å²) in [5.74, 6) is 8.33. The van der Waals surface area contributed by atoms with Crippen LogP contribution in [0.3, 0.4) is 0 Å². The minimum atomic E-state index is 0.847.